The van der Waals surface area contributed by atoms with Gasteiger partial charge in [-0.15, -0.1) is 0 Å². The molecule has 0 saturated heterocycles. The molecule has 2 aromatic carbocycles. The summed E-state index contributed by atoms with van der Waals surface area (Å²) in [6, 6.07) is 13.9. The Bertz CT molecular complexity index is 961. The van der Waals surface area contributed by atoms with Gasteiger partial charge in [0.25, 0.3) is 0 Å². The molecule has 0 unspecified atom stereocenters. The van der Waals surface area contributed by atoms with Gasteiger partial charge in [0.15, 0.2) is 0 Å². The zero-order valence-electron chi connectivity index (χ0n) is 26.0. The van der Waals surface area contributed by atoms with Crippen molar-refractivity contribution in [2.24, 2.45) is 9.98 Å². The molecule has 0 bridgehead atoms. The van der Waals surface area contributed by atoms with Crippen LogP contribution in [0.1, 0.15) is 141 Å². The van der Waals surface area contributed by atoms with Gasteiger partial charge in [0.1, 0.15) is 0 Å². The summed E-state index contributed by atoms with van der Waals surface area (Å²) in [4.78, 5) is 10.7. The normalized spacial score (nSPS) is 12.1. The number of aliphatic imine (C=N–C) groups is 2. The van der Waals surface area contributed by atoms with E-state index < -0.39 is 0 Å². The van der Waals surface area contributed by atoms with E-state index in [4.69, 9.17) is 9.98 Å². The van der Waals surface area contributed by atoms with E-state index in [9.17, 15) is 0 Å². The van der Waals surface area contributed by atoms with Crippen molar-refractivity contribution in [1.29, 1.82) is 0 Å². The van der Waals surface area contributed by atoms with Gasteiger partial charge in [0.2, 0.25) is 0 Å². The molecule has 2 rings (SSSR count). The van der Waals surface area contributed by atoms with Crippen molar-refractivity contribution in [2.75, 3.05) is 0 Å². The first-order valence-electron chi connectivity index (χ1n) is 16.0. The number of hydrogen-bond donors (Lipinski definition) is 0. The standard InChI is InChI=1S/C36H56N2.Ni/c1-7-13-15-17-18-20-22-36(38-34-27-31(11-5)24-32(12-6)28-34)35(21-19-16-14-8-2)37-33-25-29(9-3)23-30(10-4)26-33;/h23-28H,7-22H2,1-6H3;. The molecule has 3 heteroatoms. The Labute approximate surface area is 251 Å². The number of unbranched alkanes of at least 4 members (excludes halogenated alkanes) is 8. The Balaban J connectivity index is 0.00000760. The third kappa shape index (κ3) is 13.5. The molecule has 0 aliphatic carbocycles. The summed E-state index contributed by atoms with van der Waals surface area (Å²) in [5, 5.41) is 0. The summed E-state index contributed by atoms with van der Waals surface area (Å²) < 4.78 is 0. The Hall–Kier alpha value is -1.73. The van der Waals surface area contributed by atoms with Crippen LogP contribution < -0.4 is 0 Å². The summed E-state index contributed by atoms with van der Waals surface area (Å²) in [6.07, 6.45) is 19.0. The topological polar surface area (TPSA) is 24.7 Å². The van der Waals surface area contributed by atoms with Crippen LogP contribution in [0, 0.1) is 0 Å². The minimum absolute atomic E-state index is 0. The van der Waals surface area contributed by atoms with Crippen LogP contribution in [0.2, 0.25) is 0 Å². The smallest absolute Gasteiger partial charge is 0.0639 e. The molecule has 0 radical (unpaired) electrons. The number of benzene rings is 2. The second-order valence-electron chi connectivity index (χ2n) is 10.9. The van der Waals surface area contributed by atoms with E-state index in [-0.39, 0.29) is 16.5 Å². The molecular formula is C36H56N2Ni. The average Bonchev–Trinajstić information content (AvgIpc) is 2.95. The third-order valence-electron chi connectivity index (χ3n) is 7.60. The summed E-state index contributed by atoms with van der Waals surface area (Å²) in [5.74, 6) is 0. The predicted octanol–water partition coefficient (Wildman–Crippen LogP) is 11.5. The second kappa shape index (κ2) is 21.1. The maximum absolute atomic E-state index is 5.38. The zero-order valence-corrected chi connectivity index (χ0v) is 27.0. The van der Waals surface area contributed by atoms with Crippen LogP contribution in [-0.2, 0) is 42.2 Å². The maximum Gasteiger partial charge on any atom is 0.0639 e. The van der Waals surface area contributed by atoms with Crippen molar-refractivity contribution in [3.8, 4) is 0 Å². The first-order valence-corrected chi connectivity index (χ1v) is 16.0. The van der Waals surface area contributed by atoms with E-state index in [0.29, 0.717) is 0 Å². The average molecular weight is 576 g/mol. The van der Waals surface area contributed by atoms with E-state index in [1.165, 1.54) is 97.9 Å². The van der Waals surface area contributed by atoms with Gasteiger partial charge < -0.3 is 0 Å². The predicted molar refractivity (Wildman–Crippen MR) is 171 cm³/mol. The maximum atomic E-state index is 5.38. The molecule has 0 fully saturated rings. The summed E-state index contributed by atoms with van der Waals surface area (Å²) in [5.41, 5.74) is 10.2. The number of hydrogen-bond acceptors (Lipinski definition) is 2. The zero-order chi connectivity index (χ0) is 27.6. The number of aryl methyl sites for hydroxylation is 4. The van der Waals surface area contributed by atoms with Crippen molar-refractivity contribution < 1.29 is 16.5 Å². The van der Waals surface area contributed by atoms with Crippen LogP contribution >= 0.6 is 0 Å². The molecule has 220 valence electrons. The molecule has 0 aliphatic heterocycles. The van der Waals surface area contributed by atoms with Crippen molar-refractivity contribution in [3.63, 3.8) is 0 Å². The Morgan fingerprint density at radius 2 is 0.744 bits per heavy atom. The van der Waals surface area contributed by atoms with Crippen molar-refractivity contribution in [2.45, 2.75) is 144 Å². The van der Waals surface area contributed by atoms with Crippen LogP contribution in [0.3, 0.4) is 0 Å². The molecular weight excluding hydrogens is 519 g/mol. The van der Waals surface area contributed by atoms with Crippen molar-refractivity contribution in [3.05, 3.63) is 58.7 Å². The van der Waals surface area contributed by atoms with Gasteiger partial charge in [-0.2, -0.15) is 0 Å². The Kier molecular flexibility index (Phi) is 19.1. The minimum atomic E-state index is 0. The molecule has 39 heavy (non-hydrogen) atoms. The Morgan fingerprint density at radius 3 is 1.08 bits per heavy atom. The molecule has 0 spiro atoms. The first kappa shape index (κ1) is 35.3. The largest absolute Gasteiger partial charge is 0.252 e. The van der Waals surface area contributed by atoms with Crippen molar-refractivity contribution in [1.82, 2.24) is 0 Å². The molecule has 0 saturated carbocycles. The van der Waals surface area contributed by atoms with Crippen LogP contribution in [0.25, 0.3) is 0 Å². The fourth-order valence-electron chi connectivity index (χ4n) is 5.06. The molecule has 0 amide bonds. The van der Waals surface area contributed by atoms with E-state index >= 15 is 0 Å². The van der Waals surface area contributed by atoms with Gasteiger partial charge in [0.05, 0.1) is 22.8 Å². The quantitative estimate of drug-likeness (QED) is 0.0904. The van der Waals surface area contributed by atoms with E-state index in [2.05, 4.69) is 77.9 Å². The fourth-order valence-corrected chi connectivity index (χ4v) is 5.06. The van der Waals surface area contributed by atoms with Gasteiger partial charge in [-0.3, -0.25) is 9.98 Å². The van der Waals surface area contributed by atoms with Gasteiger partial charge in [-0.25, -0.2) is 0 Å². The summed E-state index contributed by atoms with van der Waals surface area (Å²) >= 11 is 0. The fraction of sp³-hybridized carbons (Fsp3) is 0.611. The van der Waals surface area contributed by atoms with E-state index in [1.807, 2.05) is 0 Å². The summed E-state index contributed by atoms with van der Waals surface area (Å²) in [6.45, 7) is 13.5. The van der Waals surface area contributed by atoms with Gasteiger partial charge in [-0.05, 0) is 97.9 Å². The summed E-state index contributed by atoms with van der Waals surface area (Å²) in [7, 11) is 0. The van der Waals surface area contributed by atoms with E-state index in [1.54, 1.807) is 0 Å². The molecule has 2 nitrogen and oxygen atoms in total. The number of nitrogens with zero attached hydrogens (tertiary/aromatic N) is 2. The van der Waals surface area contributed by atoms with Crippen LogP contribution in [0.15, 0.2) is 46.4 Å². The number of rotatable bonds is 19. The molecule has 0 aliphatic rings. The second-order valence-corrected chi connectivity index (χ2v) is 10.9. The van der Waals surface area contributed by atoms with Crippen LogP contribution in [0.4, 0.5) is 11.4 Å². The van der Waals surface area contributed by atoms with Crippen LogP contribution in [0.5, 0.6) is 0 Å². The van der Waals surface area contributed by atoms with E-state index in [0.717, 1.165) is 49.9 Å². The van der Waals surface area contributed by atoms with Crippen LogP contribution in [-0.4, -0.2) is 11.4 Å². The molecule has 0 atom stereocenters. The monoisotopic (exact) mass is 574 g/mol. The third-order valence-corrected chi connectivity index (χ3v) is 7.60. The molecule has 0 heterocycles. The molecule has 2 aromatic rings. The first-order chi connectivity index (χ1) is 18.6. The SMILES string of the molecule is CCCCCCCCC(=Nc1cc(CC)cc(CC)c1)C(CCCCCC)=Nc1cc(CC)cc(CC)c1.[Ni]. The van der Waals surface area contributed by atoms with Gasteiger partial charge in [0, 0.05) is 16.5 Å². The molecule has 0 N–H and O–H groups in total. The van der Waals surface area contributed by atoms with Gasteiger partial charge in [-0.1, -0.05) is 105 Å². The Morgan fingerprint density at radius 1 is 0.436 bits per heavy atom. The molecule has 0 aromatic heterocycles. The van der Waals surface area contributed by atoms with Crippen molar-refractivity contribution >= 4 is 22.8 Å². The van der Waals surface area contributed by atoms with Gasteiger partial charge >= 0.3 is 0 Å². The minimum Gasteiger partial charge on any atom is -0.252 e.